The lowest BCUT2D eigenvalue weighted by Gasteiger charge is -2.22. The minimum Gasteiger partial charge on any atom is -0.399 e. The fraction of sp³-hybridized carbons (Fsp3) is 0.278. The van der Waals surface area contributed by atoms with Gasteiger partial charge in [-0.3, -0.25) is 4.79 Å². The summed E-state index contributed by atoms with van der Waals surface area (Å²) in [5.74, 6) is -0.0528. The van der Waals surface area contributed by atoms with Gasteiger partial charge >= 0.3 is 0 Å². The minimum absolute atomic E-state index is 0.0528. The topological polar surface area (TPSA) is 55.1 Å². The Kier molecular flexibility index (Phi) is 4.32. The quantitative estimate of drug-likeness (QED) is 0.847. The van der Waals surface area contributed by atoms with Crippen molar-refractivity contribution in [2.45, 2.75) is 32.7 Å². The molecule has 0 aliphatic rings. The summed E-state index contributed by atoms with van der Waals surface area (Å²) in [5, 5.41) is 2.96. The van der Waals surface area contributed by atoms with E-state index in [1.807, 2.05) is 48.5 Å². The lowest BCUT2D eigenvalue weighted by atomic mass is 9.83. The zero-order valence-corrected chi connectivity index (χ0v) is 12.8. The van der Waals surface area contributed by atoms with Crippen molar-refractivity contribution in [2.24, 2.45) is 0 Å². The number of nitrogen functional groups attached to an aromatic ring is 1. The van der Waals surface area contributed by atoms with E-state index >= 15 is 0 Å². The van der Waals surface area contributed by atoms with Crippen molar-refractivity contribution in [2.75, 3.05) is 5.73 Å². The highest BCUT2D eigenvalue weighted by Crippen LogP contribution is 2.25. The zero-order valence-electron chi connectivity index (χ0n) is 12.8. The molecule has 0 heterocycles. The highest BCUT2D eigenvalue weighted by Gasteiger charge is 2.20. The maximum Gasteiger partial charge on any atom is 0.251 e. The Hall–Kier alpha value is -2.29. The van der Waals surface area contributed by atoms with Crippen LogP contribution in [0.2, 0.25) is 0 Å². The van der Waals surface area contributed by atoms with E-state index < -0.39 is 0 Å². The molecule has 0 aliphatic heterocycles. The van der Waals surface area contributed by atoms with Gasteiger partial charge < -0.3 is 11.1 Å². The SMILES string of the molecule is CC(C)(C)c1ccccc1C(=O)NCc1cccc(N)c1. The van der Waals surface area contributed by atoms with Crippen molar-refractivity contribution in [1.29, 1.82) is 0 Å². The summed E-state index contributed by atoms with van der Waals surface area (Å²) in [6.07, 6.45) is 0. The van der Waals surface area contributed by atoms with Gasteiger partial charge in [-0.1, -0.05) is 51.1 Å². The van der Waals surface area contributed by atoms with Gasteiger partial charge in [-0.05, 0) is 34.7 Å². The Labute approximate surface area is 126 Å². The minimum atomic E-state index is -0.0644. The number of hydrogen-bond acceptors (Lipinski definition) is 2. The smallest absolute Gasteiger partial charge is 0.251 e. The van der Waals surface area contributed by atoms with E-state index in [9.17, 15) is 4.79 Å². The second-order valence-electron chi connectivity index (χ2n) is 6.22. The van der Waals surface area contributed by atoms with Crippen LogP contribution in [0.5, 0.6) is 0 Å². The average Bonchev–Trinajstić information content (AvgIpc) is 2.44. The van der Waals surface area contributed by atoms with E-state index in [0.29, 0.717) is 12.2 Å². The van der Waals surface area contributed by atoms with Gasteiger partial charge in [0.05, 0.1) is 0 Å². The van der Waals surface area contributed by atoms with E-state index in [0.717, 1.165) is 16.7 Å². The second kappa shape index (κ2) is 6.00. The first kappa shape index (κ1) is 15.1. The predicted octanol–water partition coefficient (Wildman–Crippen LogP) is 3.50. The van der Waals surface area contributed by atoms with E-state index in [4.69, 9.17) is 5.73 Å². The molecule has 0 fully saturated rings. The highest BCUT2D eigenvalue weighted by atomic mass is 16.1. The number of benzene rings is 2. The first-order valence-electron chi connectivity index (χ1n) is 7.10. The van der Waals surface area contributed by atoms with E-state index in [2.05, 4.69) is 26.1 Å². The number of rotatable bonds is 3. The first-order valence-corrected chi connectivity index (χ1v) is 7.10. The molecular weight excluding hydrogens is 260 g/mol. The monoisotopic (exact) mass is 282 g/mol. The summed E-state index contributed by atoms with van der Waals surface area (Å²) < 4.78 is 0. The number of amides is 1. The van der Waals surface area contributed by atoms with Crippen LogP contribution in [0.1, 0.15) is 42.3 Å². The Balaban J connectivity index is 2.14. The molecule has 3 N–H and O–H groups in total. The summed E-state index contributed by atoms with van der Waals surface area (Å²) in [7, 11) is 0. The molecule has 0 saturated heterocycles. The van der Waals surface area contributed by atoms with Crippen LogP contribution < -0.4 is 11.1 Å². The van der Waals surface area contributed by atoms with E-state index in [-0.39, 0.29) is 11.3 Å². The number of carbonyl (C=O) groups excluding carboxylic acids is 1. The summed E-state index contributed by atoms with van der Waals surface area (Å²) in [4.78, 5) is 12.4. The number of nitrogens with one attached hydrogen (secondary N) is 1. The van der Waals surface area contributed by atoms with Gasteiger partial charge in [0.1, 0.15) is 0 Å². The van der Waals surface area contributed by atoms with Crippen LogP contribution in [0.25, 0.3) is 0 Å². The lowest BCUT2D eigenvalue weighted by Crippen LogP contribution is -2.26. The largest absolute Gasteiger partial charge is 0.399 e. The molecule has 2 rings (SSSR count). The number of hydrogen-bond donors (Lipinski definition) is 2. The standard InChI is InChI=1S/C18H22N2O/c1-18(2,3)16-10-5-4-9-15(16)17(21)20-12-13-7-6-8-14(19)11-13/h4-11H,12,19H2,1-3H3,(H,20,21). The van der Waals surface area contributed by atoms with Gasteiger partial charge in [0.15, 0.2) is 0 Å². The maximum absolute atomic E-state index is 12.4. The zero-order chi connectivity index (χ0) is 15.5. The van der Waals surface area contributed by atoms with Crippen LogP contribution in [-0.2, 0) is 12.0 Å². The van der Waals surface area contributed by atoms with Crippen molar-refractivity contribution < 1.29 is 4.79 Å². The maximum atomic E-state index is 12.4. The van der Waals surface area contributed by atoms with Gasteiger partial charge in [0.2, 0.25) is 0 Å². The van der Waals surface area contributed by atoms with Crippen LogP contribution in [0.4, 0.5) is 5.69 Å². The summed E-state index contributed by atoms with van der Waals surface area (Å²) in [6, 6.07) is 15.3. The Morgan fingerprint density at radius 1 is 1.10 bits per heavy atom. The molecule has 0 radical (unpaired) electrons. The number of anilines is 1. The molecule has 1 amide bonds. The van der Waals surface area contributed by atoms with Gasteiger partial charge in [0, 0.05) is 17.8 Å². The fourth-order valence-corrected chi connectivity index (χ4v) is 2.32. The van der Waals surface area contributed by atoms with Crippen LogP contribution in [0.3, 0.4) is 0 Å². The molecule has 3 heteroatoms. The third-order valence-electron chi connectivity index (χ3n) is 3.38. The summed E-state index contributed by atoms with van der Waals surface area (Å²) in [5.41, 5.74) is 9.16. The van der Waals surface area contributed by atoms with Crippen molar-refractivity contribution in [3.8, 4) is 0 Å². The van der Waals surface area contributed by atoms with Crippen LogP contribution in [-0.4, -0.2) is 5.91 Å². The molecule has 2 aromatic rings. The van der Waals surface area contributed by atoms with Gasteiger partial charge in [-0.15, -0.1) is 0 Å². The molecule has 0 aliphatic carbocycles. The van der Waals surface area contributed by atoms with Crippen molar-refractivity contribution >= 4 is 11.6 Å². The molecule has 0 atom stereocenters. The second-order valence-corrected chi connectivity index (χ2v) is 6.22. The molecule has 0 aromatic heterocycles. The lowest BCUT2D eigenvalue weighted by molar-refractivity contribution is 0.0948. The van der Waals surface area contributed by atoms with Crippen LogP contribution in [0.15, 0.2) is 48.5 Å². The number of nitrogens with two attached hydrogens (primary N) is 1. The molecular formula is C18H22N2O. The molecule has 110 valence electrons. The summed E-state index contributed by atoms with van der Waals surface area (Å²) in [6.45, 7) is 6.80. The normalized spacial score (nSPS) is 11.2. The first-order chi connectivity index (χ1) is 9.88. The Morgan fingerprint density at radius 3 is 2.48 bits per heavy atom. The average molecular weight is 282 g/mol. The van der Waals surface area contributed by atoms with Gasteiger partial charge in [-0.2, -0.15) is 0 Å². The van der Waals surface area contributed by atoms with E-state index in [1.54, 1.807) is 0 Å². The molecule has 0 spiro atoms. The van der Waals surface area contributed by atoms with E-state index in [1.165, 1.54) is 0 Å². The van der Waals surface area contributed by atoms with Crippen molar-refractivity contribution in [1.82, 2.24) is 5.32 Å². The number of carbonyl (C=O) groups is 1. The van der Waals surface area contributed by atoms with Crippen molar-refractivity contribution in [3.05, 3.63) is 65.2 Å². The van der Waals surface area contributed by atoms with Crippen LogP contribution >= 0.6 is 0 Å². The predicted molar refractivity (Wildman–Crippen MR) is 87.2 cm³/mol. The molecule has 21 heavy (non-hydrogen) atoms. The molecule has 0 unspecified atom stereocenters. The molecule has 0 bridgehead atoms. The van der Waals surface area contributed by atoms with Gasteiger partial charge in [-0.25, -0.2) is 0 Å². The highest BCUT2D eigenvalue weighted by molar-refractivity contribution is 5.96. The van der Waals surface area contributed by atoms with Crippen LogP contribution in [0, 0.1) is 0 Å². The fourth-order valence-electron chi connectivity index (χ4n) is 2.32. The Morgan fingerprint density at radius 2 is 1.81 bits per heavy atom. The third kappa shape index (κ3) is 3.85. The van der Waals surface area contributed by atoms with Gasteiger partial charge in [0.25, 0.3) is 5.91 Å². The Bertz CT molecular complexity index is 642. The molecule has 0 saturated carbocycles. The summed E-state index contributed by atoms with van der Waals surface area (Å²) >= 11 is 0. The molecule has 2 aromatic carbocycles. The van der Waals surface area contributed by atoms with Crippen molar-refractivity contribution in [3.63, 3.8) is 0 Å². The molecule has 3 nitrogen and oxygen atoms in total. The third-order valence-corrected chi connectivity index (χ3v) is 3.38.